The van der Waals surface area contributed by atoms with E-state index < -0.39 is 0 Å². The van der Waals surface area contributed by atoms with Crippen LogP contribution in [0.2, 0.25) is 0 Å². The zero-order valence-electron chi connectivity index (χ0n) is 11.8. The molecule has 20 heavy (non-hydrogen) atoms. The molecule has 2 aromatic carbocycles. The number of aliphatic hydroxyl groups excluding tert-OH is 1. The molecule has 1 saturated carbocycles. The van der Waals surface area contributed by atoms with Crippen LogP contribution in [-0.2, 0) is 0 Å². The lowest BCUT2D eigenvalue weighted by molar-refractivity contribution is 0.0862. The second kappa shape index (κ2) is 6.27. The number of benzene rings is 2. The van der Waals surface area contributed by atoms with E-state index >= 15 is 0 Å². The molecule has 1 aliphatic rings. The Hall–Kier alpha value is -1.54. The second-order valence-corrected chi connectivity index (χ2v) is 5.83. The summed E-state index contributed by atoms with van der Waals surface area (Å²) in [5.41, 5.74) is 0. The van der Waals surface area contributed by atoms with Gasteiger partial charge in [-0.2, -0.15) is 0 Å². The van der Waals surface area contributed by atoms with Crippen molar-refractivity contribution in [3.8, 4) is 5.75 Å². The van der Waals surface area contributed by atoms with Crippen LogP contribution in [-0.4, -0.2) is 17.8 Å². The predicted molar refractivity (Wildman–Crippen MR) is 82.0 cm³/mol. The maximum Gasteiger partial charge on any atom is 0.127 e. The first-order valence-electron chi connectivity index (χ1n) is 7.61. The number of ether oxygens (including phenoxy) is 1. The van der Waals surface area contributed by atoms with Gasteiger partial charge in [-0.15, -0.1) is 0 Å². The number of rotatable bonds is 5. The van der Waals surface area contributed by atoms with Gasteiger partial charge in [0.05, 0.1) is 6.10 Å². The number of aliphatic hydroxyl groups is 1. The van der Waals surface area contributed by atoms with Crippen LogP contribution < -0.4 is 4.74 Å². The molecule has 1 unspecified atom stereocenters. The highest BCUT2D eigenvalue weighted by atomic mass is 16.5. The summed E-state index contributed by atoms with van der Waals surface area (Å²) in [4.78, 5) is 0. The molecular formula is C18H22O2. The zero-order valence-corrected chi connectivity index (χ0v) is 11.8. The minimum absolute atomic E-state index is 0.350. The summed E-state index contributed by atoms with van der Waals surface area (Å²) in [7, 11) is 0. The van der Waals surface area contributed by atoms with Crippen LogP contribution in [0.15, 0.2) is 42.5 Å². The third kappa shape index (κ3) is 3.13. The van der Waals surface area contributed by atoms with E-state index in [0.717, 1.165) is 17.6 Å². The quantitative estimate of drug-likeness (QED) is 0.884. The first kappa shape index (κ1) is 13.4. The molecule has 3 rings (SSSR count). The molecule has 0 amide bonds. The Morgan fingerprint density at radius 2 is 1.80 bits per heavy atom. The summed E-state index contributed by atoms with van der Waals surface area (Å²) in [6.07, 6.45) is 5.71. The third-order valence-electron chi connectivity index (χ3n) is 4.26. The average Bonchev–Trinajstić information content (AvgIpc) is 2.98. The van der Waals surface area contributed by atoms with Crippen LogP contribution >= 0.6 is 0 Å². The van der Waals surface area contributed by atoms with Gasteiger partial charge in [-0.3, -0.25) is 0 Å². The van der Waals surface area contributed by atoms with Crippen LogP contribution in [0.3, 0.4) is 0 Å². The van der Waals surface area contributed by atoms with Crippen molar-refractivity contribution in [3.63, 3.8) is 0 Å². The molecule has 0 heterocycles. The molecule has 2 aromatic rings. The van der Waals surface area contributed by atoms with Gasteiger partial charge in [0.1, 0.15) is 12.4 Å². The Balaban J connectivity index is 1.61. The van der Waals surface area contributed by atoms with Crippen LogP contribution in [0.5, 0.6) is 5.75 Å². The Morgan fingerprint density at radius 3 is 2.65 bits per heavy atom. The lowest BCUT2D eigenvalue weighted by Crippen LogP contribution is -2.20. The molecule has 2 nitrogen and oxygen atoms in total. The largest absolute Gasteiger partial charge is 0.490 e. The second-order valence-electron chi connectivity index (χ2n) is 5.83. The highest BCUT2D eigenvalue weighted by molar-refractivity contribution is 5.88. The summed E-state index contributed by atoms with van der Waals surface area (Å²) >= 11 is 0. The molecule has 1 atom stereocenters. The minimum Gasteiger partial charge on any atom is -0.490 e. The van der Waals surface area contributed by atoms with E-state index in [1.54, 1.807) is 0 Å². The fourth-order valence-electron chi connectivity index (χ4n) is 3.21. The zero-order chi connectivity index (χ0) is 13.8. The Labute approximate surface area is 120 Å². The molecule has 0 saturated heterocycles. The predicted octanol–water partition coefficient (Wildman–Crippen LogP) is 4.16. The molecule has 0 aromatic heterocycles. The van der Waals surface area contributed by atoms with E-state index in [4.69, 9.17) is 4.74 Å². The maximum absolute atomic E-state index is 10.1. The molecule has 0 bridgehead atoms. The van der Waals surface area contributed by atoms with Crippen molar-refractivity contribution < 1.29 is 9.84 Å². The lowest BCUT2D eigenvalue weighted by atomic mass is 10.0. The van der Waals surface area contributed by atoms with Gasteiger partial charge >= 0.3 is 0 Å². The van der Waals surface area contributed by atoms with E-state index in [1.807, 2.05) is 24.3 Å². The van der Waals surface area contributed by atoms with E-state index in [1.165, 1.54) is 31.1 Å². The smallest absolute Gasteiger partial charge is 0.127 e. The van der Waals surface area contributed by atoms with Crippen LogP contribution in [0.25, 0.3) is 10.8 Å². The van der Waals surface area contributed by atoms with Gasteiger partial charge in [0.15, 0.2) is 0 Å². The van der Waals surface area contributed by atoms with Gasteiger partial charge in [-0.25, -0.2) is 0 Å². The molecule has 0 aliphatic heterocycles. The van der Waals surface area contributed by atoms with Crippen molar-refractivity contribution in [2.75, 3.05) is 6.61 Å². The highest BCUT2D eigenvalue weighted by Gasteiger charge is 2.19. The van der Waals surface area contributed by atoms with Crippen LogP contribution in [0.4, 0.5) is 0 Å². The van der Waals surface area contributed by atoms with Crippen LogP contribution in [0.1, 0.15) is 32.1 Å². The lowest BCUT2D eigenvalue weighted by Gasteiger charge is -2.17. The first-order chi connectivity index (χ1) is 9.83. The molecule has 1 aliphatic carbocycles. The number of hydrogen-bond donors (Lipinski definition) is 1. The molecular weight excluding hydrogens is 248 g/mol. The molecule has 2 heteroatoms. The van der Waals surface area contributed by atoms with Crippen molar-refractivity contribution in [2.24, 2.45) is 5.92 Å². The maximum atomic E-state index is 10.1. The topological polar surface area (TPSA) is 29.5 Å². The number of fused-ring (bicyclic) bond motifs is 1. The fraction of sp³-hybridized carbons (Fsp3) is 0.444. The Kier molecular flexibility index (Phi) is 4.22. The standard InChI is InChI=1S/C18H22O2/c19-16(12-14-6-1-2-7-14)13-20-18-11-5-9-15-8-3-4-10-17(15)18/h3-5,8-11,14,16,19H,1-2,6-7,12-13H2. The van der Waals surface area contributed by atoms with Gasteiger partial charge in [0, 0.05) is 5.39 Å². The van der Waals surface area contributed by atoms with Gasteiger partial charge in [-0.1, -0.05) is 62.1 Å². The summed E-state index contributed by atoms with van der Waals surface area (Å²) in [6.45, 7) is 0.393. The molecule has 106 valence electrons. The van der Waals surface area contributed by atoms with Crippen molar-refractivity contribution in [3.05, 3.63) is 42.5 Å². The van der Waals surface area contributed by atoms with E-state index in [0.29, 0.717) is 12.5 Å². The highest BCUT2D eigenvalue weighted by Crippen LogP contribution is 2.29. The van der Waals surface area contributed by atoms with E-state index in [9.17, 15) is 5.11 Å². The van der Waals surface area contributed by atoms with Gasteiger partial charge in [0.2, 0.25) is 0 Å². The van der Waals surface area contributed by atoms with Crippen molar-refractivity contribution in [1.82, 2.24) is 0 Å². The van der Waals surface area contributed by atoms with E-state index in [2.05, 4.69) is 18.2 Å². The third-order valence-corrected chi connectivity index (χ3v) is 4.26. The van der Waals surface area contributed by atoms with Crippen molar-refractivity contribution in [1.29, 1.82) is 0 Å². The van der Waals surface area contributed by atoms with E-state index in [-0.39, 0.29) is 6.10 Å². The van der Waals surface area contributed by atoms with Gasteiger partial charge < -0.3 is 9.84 Å². The van der Waals surface area contributed by atoms with Crippen LogP contribution in [0, 0.1) is 5.92 Å². The Morgan fingerprint density at radius 1 is 1.05 bits per heavy atom. The van der Waals surface area contributed by atoms with Crippen molar-refractivity contribution in [2.45, 2.75) is 38.2 Å². The molecule has 0 radical (unpaired) electrons. The summed E-state index contributed by atoms with van der Waals surface area (Å²) in [5.74, 6) is 1.56. The SMILES string of the molecule is OC(COc1cccc2ccccc12)CC1CCCC1. The number of hydrogen-bond acceptors (Lipinski definition) is 2. The summed E-state index contributed by atoms with van der Waals surface area (Å²) < 4.78 is 5.84. The molecule has 1 N–H and O–H groups in total. The normalized spacial score (nSPS) is 17.4. The fourth-order valence-corrected chi connectivity index (χ4v) is 3.21. The average molecular weight is 270 g/mol. The van der Waals surface area contributed by atoms with Gasteiger partial charge in [-0.05, 0) is 23.8 Å². The minimum atomic E-state index is -0.350. The summed E-state index contributed by atoms with van der Waals surface area (Å²) in [6, 6.07) is 14.2. The summed E-state index contributed by atoms with van der Waals surface area (Å²) in [5, 5.41) is 12.4. The molecule has 0 spiro atoms. The Bertz CT molecular complexity index is 553. The van der Waals surface area contributed by atoms with Gasteiger partial charge in [0.25, 0.3) is 0 Å². The first-order valence-corrected chi connectivity index (χ1v) is 7.61. The molecule has 1 fully saturated rings. The van der Waals surface area contributed by atoms with Crippen molar-refractivity contribution >= 4 is 10.8 Å². The monoisotopic (exact) mass is 270 g/mol.